The summed E-state index contributed by atoms with van der Waals surface area (Å²) in [5.41, 5.74) is -7.23. The number of carbonyl (C=O) groups is 3. The number of halogens is 6. The van der Waals surface area contributed by atoms with Crippen LogP contribution in [0.4, 0.5) is 26.3 Å². The Morgan fingerprint density at radius 3 is 2.21 bits per heavy atom. The van der Waals surface area contributed by atoms with Crippen molar-refractivity contribution in [2.75, 3.05) is 7.11 Å². The molecule has 0 bridgehead atoms. The zero-order chi connectivity index (χ0) is 29.0. The molecule has 6 nitrogen and oxygen atoms in total. The fourth-order valence-electron chi connectivity index (χ4n) is 4.99. The van der Waals surface area contributed by atoms with Gasteiger partial charge in [-0.1, -0.05) is 32.0 Å². The molecular formula is C27H24F6N2O4. The second kappa shape index (κ2) is 9.42. The molecule has 1 atom stereocenters. The summed E-state index contributed by atoms with van der Waals surface area (Å²) >= 11 is 0. The molecule has 0 unspecified atom stereocenters. The topological polar surface area (TPSA) is 75.7 Å². The largest absolute Gasteiger partial charge is 0.497 e. The number of ketones is 1. The van der Waals surface area contributed by atoms with E-state index >= 15 is 0 Å². The molecule has 2 aromatic rings. The molecule has 208 valence electrons. The van der Waals surface area contributed by atoms with Crippen molar-refractivity contribution in [3.05, 3.63) is 76.5 Å². The first-order chi connectivity index (χ1) is 18.0. The number of ether oxygens (including phenoxy) is 1. The number of hydrogen-bond donors (Lipinski definition) is 1. The number of allylic oxidation sites excluding steroid dienone is 1. The number of alkyl halides is 6. The monoisotopic (exact) mass is 554 g/mol. The Morgan fingerprint density at radius 1 is 1.00 bits per heavy atom. The summed E-state index contributed by atoms with van der Waals surface area (Å²) in [6, 6.07) is 8.97. The van der Waals surface area contributed by atoms with Gasteiger partial charge in [0, 0.05) is 17.7 Å². The van der Waals surface area contributed by atoms with Crippen molar-refractivity contribution in [3.8, 4) is 5.75 Å². The van der Waals surface area contributed by atoms with Crippen molar-refractivity contribution in [3.63, 3.8) is 0 Å². The summed E-state index contributed by atoms with van der Waals surface area (Å²) in [6.07, 6.45) is -10.8. The Kier molecular flexibility index (Phi) is 6.81. The third kappa shape index (κ3) is 4.99. The molecule has 1 aliphatic heterocycles. The van der Waals surface area contributed by atoms with Crippen LogP contribution < -0.4 is 10.1 Å². The van der Waals surface area contributed by atoms with E-state index in [1.54, 1.807) is 31.3 Å². The number of hydrogen-bond acceptors (Lipinski definition) is 4. The van der Waals surface area contributed by atoms with Gasteiger partial charge in [-0.3, -0.25) is 14.4 Å². The van der Waals surface area contributed by atoms with Crippen LogP contribution in [0.3, 0.4) is 0 Å². The Hall–Kier alpha value is -3.83. The molecule has 2 aliphatic rings. The lowest BCUT2D eigenvalue weighted by Crippen LogP contribution is -2.66. The highest BCUT2D eigenvalue weighted by molar-refractivity contribution is 6.14. The predicted molar refractivity (Wildman–Crippen MR) is 126 cm³/mol. The van der Waals surface area contributed by atoms with Crippen LogP contribution in [0.25, 0.3) is 0 Å². The third-order valence-corrected chi connectivity index (χ3v) is 6.80. The van der Waals surface area contributed by atoms with Gasteiger partial charge >= 0.3 is 12.4 Å². The zero-order valence-electron chi connectivity index (χ0n) is 21.1. The molecule has 12 heteroatoms. The molecule has 0 saturated carbocycles. The minimum absolute atomic E-state index is 0.0762. The Labute approximate surface area is 219 Å². The van der Waals surface area contributed by atoms with E-state index in [-0.39, 0.29) is 25.1 Å². The van der Waals surface area contributed by atoms with Crippen LogP contribution in [0.15, 0.2) is 59.8 Å². The van der Waals surface area contributed by atoms with Crippen LogP contribution in [0.1, 0.15) is 48.2 Å². The van der Waals surface area contributed by atoms with Gasteiger partial charge in [0.25, 0.3) is 11.8 Å². The fraction of sp³-hybridized carbons (Fsp3) is 0.370. The Morgan fingerprint density at radius 2 is 1.64 bits per heavy atom. The van der Waals surface area contributed by atoms with Crippen LogP contribution in [-0.2, 0) is 22.3 Å². The van der Waals surface area contributed by atoms with Gasteiger partial charge in [-0.25, -0.2) is 0 Å². The molecule has 39 heavy (non-hydrogen) atoms. The van der Waals surface area contributed by atoms with Crippen molar-refractivity contribution in [2.45, 2.75) is 51.1 Å². The highest BCUT2D eigenvalue weighted by Gasteiger charge is 2.71. The molecular weight excluding hydrogens is 530 g/mol. The lowest BCUT2D eigenvalue weighted by Gasteiger charge is -2.35. The normalized spacial score (nSPS) is 21.2. The standard InChI is InChI=1S/C27H24F6N2O4/c1-24(2)12-19-21(20(36)13-24)25(27(31,32)33,23(38)35(19)14-15-7-9-18(39-3)10-8-15)34-22(37)16-5-4-6-17(11-16)26(28,29)30/h4-11H,12-14H2,1-3H3,(H,34,37)/t25-/m0/s1. The summed E-state index contributed by atoms with van der Waals surface area (Å²) < 4.78 is 89.4. The van der Waals surface area contributed by atoms with Crippen molar-refractivity contribution in [2.24, 2.45) is 5.41 Å². The highest BCUT2D eigenvalue weighted by Crippen LogP contribution is 2.52. The lowest BCUT2D eigenvalue weighted by atomic mass is 9.72. The SMILES string of the molecule is COc1ccc(CN2C(=O)[C@](NC(=O)c3cccc(C(F)(F)F)c3)(C(F)(F)F)C3=C2CC(C)(C)CC3=O)cc1. The number of benzene rings is 2. The second-order valence-corrected chi connectivity index (χ2v) is 10.3. The number of Topliss-reactive ketones (excluding diaryl/α,β-unsaturated/α-hetero) is 1. The third-order valence-electron chi connectivity index (χ3n) is 6.80. The van der Waals surface area contributed by atoms with E-state index in [2.05, 4.69) is 0 Å². The van der Waals surface area contributed by atoms with Gasteiger partial charge in [0.2, 0.25) is 5.54 Å². The van der Waals surface area contributed by atoms with Crippen molar-refractivity contribution in [1.29, 1.82) is 0 Å². The quantitative estimate of drug-likeness (QED) is 0.501. The van der Waals surface area contributed by atoms with E-state index in [4.69, 9.17) is 4.74 Å². The maximum atomic E-state index is 14.9. The fourth-order valence-corrected chi connectivity index (χ4v) is 4.99. The predicted octanol–water partition coefficient (Wildman–Crippen LogP) is 5.43. The minimum Gasteiger partial charge on any atom is -0.497 e. The number of methoxy groups -OCH3 is 1. The van der Waals surface area contributed by atoms with Gasteiger partial charge in [0.1, 0.15) is 5.75 Å². The summed E-state index contributed by atoms with van der Waals surface area (Å²) in [4.78, 5) is 40.8. The molecule has 0 fully saturated rings. The van der Waals surface area contributed by atoms with E-state index in [1.165, 1.54) is 19.2 Å². The average molecular weight is 554 g/mol. The van der Waals surface area contributed by atoms with Crippen LogP contribution in [0.5, 0.6) is 5.75 Å². The molecule has 1 heterocycles. The van der Waals surface area contributed by atoms with Crippen molar-refractivity contribution >= 4 is 17.6 Å². The maximum absolute atomic E-state index is 14.9. The molecule has 0 aromatic heterocycles. The zero-order valence-corrected chi connectivity index (χ0v) is 21.1. The molecule has 1 aliphatic carbocycles. The average Bonchev–Trinajstić information content (AvgIpc) is 3.06. The van der Waals surface area contributed by atoms with Crippen LogP contribution in [-0.4, -0.2) is 41.3 Å². The van der Waals surface area contributed by atoms with E-state index in [0.717, 1.165) is 17.0 Å². The number of rotatable bonds is 5. The van der Waals surface area contributed by atoms with Crippen molar-refractivity contribution in [1.82, 2.24) is 10.2 Å². The lowest BCUT2D eigenvalue weighted by molar-refractivity contribution is -0.190. The van der Waals surface area contributed by atoms with E-state index < -0.39 is 57.6 Å². The molecule has 2 aromatic carbocycles. The van der Waals surface area contributed by atoms with Crippen LogP contribution in [0.2, 0.25) is 0 Å². The van der Waals surface area contributed by atoms with Gasteiger partial charge < -0.3 is 15.0 Å². The Bertz CT molecular complexity index is 1360. The first kappa shape index (κ1) is 28.2. The van der Waals surface area contributed by atoms with Gasteiger partial charge in [-0.05, 0) is 47.7 Å². The smallest absolute Gasteiger partial charge is 0.425 e. The summed E-state index contributed by atoms with van der Waals surface area (Å²) in [5.74, 6) is -3.70. The van der Waals surface area contributed by atoms with Gasteiger partial charge in [0.15, 0.2) is 5.78 Å². The molecule has 0 saturated heterocycles. The molecule has 2 amide bonds. The summed E-state index contributed by atoms with van der Waals surface area (Å²) in [6.45, 7) is 2.99. The van der Waals surface area contributed by atoms with Gasteiger partial charge in [-0.15, -0.1) is 0 Å². The van der Waals surface area contributed by atoms with Gasteiger partial charge in [0.05, 0.1) is 24.8 Å². The van der Waals surface area contributed by atoms with Crippen molar-refractivity contribution < 1.29 is 45.5 Å². The van der Waals surface area contributed by atoms with E-state index in [9.17, 15) is 40.7 Å². The summed E-state index contributed by atoms with van der Waals surface area (Å²) in [7, 11) is 1.43. The number of carbonyl (C=O) groups excluding carboxylic acids is 3. The second-order valence-electron chi connectivity index (χ2n) is 10.3. The minimum atomic E-state index is -5.49. The molecule has 1 N–H and O–H groups in total. The summed E-state index contributed by atoms with van der Waals surface area (Å²) in [5, 5.41) is 1.65. The maximum Gasteiger partial charge on any atom is 0.425 e. The highest BCUT2D eigenvalue weighted by atomic mass is 19.4. The first-order valence-electron chi connectivity index (χ1n) is 11.8. The number of amides is 2. The number of nitrogens with zero attached hydrogens (tertiary/aromatic N) is 1. The van der Waals surface area contributed by atoms with E-state index in [0.29, 0.717) is 23.4 Å². The molecule has 0 radical (unpaired) electrons. The Balaban J connectivity index is 1.84. The van der Waals surface area contributed by atoms with Crippen LogP contribution >= 0.6 is 0 Å². The first-order valence-corrected chi connectivity index (χ1v) is 11.8. The number of nitrogens with one attached hydrogen (secondary N) is 1. The molecule has 0 spiro atoms. The van der Waals surface area contributed by atoms with Gasteiger partial charge in [-0.2, -0.15) is 26.3 Å². The molecule has 4 rings (SSSR count). The van der Waals surface area contributed by atoms with E-state index in [1.807, 2.05) is 0 Å². The van der Waals surface area contributed by atoms with Crippen LogP contribution in [0, 0.1) is 5.41 Å².